The molecule has 0 aliphatic carbocycles. The van der Waals surface area contributed by atoms with E-state index >= 15 is 0 Å². The Hall–Kier alpha value is -1.52. The maximum Gasteiger partial charge on any atom is 0.143 e. The summed E-state index contributed by atoms with van der Waals surface area (Å²) in [4.78, 5) is 2.45. The van der Waals surface area contributed by atoms with Crippen molar-refractivity contribution in [1.29, 1.82) is 0 Å². The van der Waals surface area contributed by atoms with E-state index in [2.05, 4.69) is 27.8 Å². The molecule has 0 spiro atoms. The van der Waals surface area contributed by atoms with Gasteiger partial charge in [0.2, 0.25) is 0 Å². The molecule has 19 heavy (non-hydrogen) atoms. The molecule has 0 atom stereocenters. The van der Waals surface area contributed by atoms with Crippen molar-refractivity contribution in [2.45, 2.75) is 6.54 Å². The third kappa shape index (κ3) is 2.60. The SMILES string of the molecule is COc1cccc2ccn(CCN3CCOCC3)c12. The largest absolute Gasteiger partial charge is 0.495 e. The standard InChI is InChI=1S/C15H20N2O2/c1-18-14-4-2-3-13-5-6-17(15(13)14)8-7-16-9-11-19-12-10-16/h2-6H,7-12H2,1H3. The van der Waals surface area contributed by atoms with Crippen molar-refractivity contribution >= 4 is 10.9 Å². The van der Waals surface area contributed by atoms with Crippen molar-refractivity contribution in [3.05, 3.63) is 30.5 Å². The number of aromatic nitrogens is 1. The average molecular weight is 260 g/mol. The van der Waals surface area contributed by atoms with Gasteiger partial charge in [0.1, 0.15) is 5.75 Å². The van der Waals surface area contributed by atoms with E-state index < -0.39 is 0 Å². The van der Waals surface area contributed by atoms with Crippen molar-refractivity contribution in [2.75, 3.05) is 40.0 Å². The number of rotatable bonds is 4. The normalized spacial score (nSPS) is 16.9. The van der Waals surface area contributed by atoms with E-state index in [0.717, 1.165) is 45.1 Å². The predicted molar refractivity (Wildman–Crippen MR) is 75.7 cm³/mol. The Morgan fingerprint density at radius 1 is 1.16 bits per heavy atom. The molecule has 0 N–H and O–H groups in total. The lowest BCUT2D eigenvalue weighted by atomic mass is 10.2. The third-order valence-electron chi connectivity index (χ3n) is 3.73. The molecule has 0 unspecified atom stereocenters. The van der Waals surface area contributed by atoms with Gasteiger partial charge in [-0.2, -0.15) is 0 Å². The zero-order valence-corrected chi connectivity index (χ0v) is 11.3. The van der Waals surface area contributed by atoms with Crippen LogP contribution in [0, 0.1) is 0 Å². The van der Waals surface area contributed by atoms with Gasteiger partial charge in [-0.25, -0.2) is 0 Å². The second-order valence-electron chi connectivity index (χ2n) is 4.86. The third-order valence-corrected chi connectivity index (χ3v) is 3.73. The van der Waals surface area contributed by atoms with Gasteiger partial charge in [-0.3, -0.25) is 4.90 Å². The Morgan fingerprint density at radius 3 is 2.79 bits per heavy atom. The summed E-state index contributed by atoms with van der Waals surface area (Å²) < 4.78 is 13.1. The van der Waals surface area contributed by atoms with Gasteiger partial charge < -0.3 is 14.0 Å². The van der Waals surface area contributed by atoms with E-state index in [1.165, 1.54) is 10.9 Å². The fourth-order valence-electron chi connectivity index (χ4n) is 2.65. The number of hydrogen-bond donors (Lipinski definition) is 0. The molecular formula is C15H20N2O2. The van der Waals surface area contributed by atoms with E-state index in [1.54, 1.807) is 7.11 Å². The Balaban J connectivity index is 1.77. The summed E-state index contributed by atoms with van der Waals surface area (Å²) in [6.07, 6.45) is 2.15. The molecule has 1 aromatic heterocycles. The van der Waals surface area contributed by atoms with E-state index in [0.29, 0.717) is 0 Å². The number of para-hydroxylation sites is 1. The Kier molecular flexibility index (Phi) is 3.71. The molecule has 0 amide bonds. The molecule has 0 saturated carbocycles. The van der Waals surface area contributed by atoms with Gasteiger partial charge >= 0.3 is 0 Å². The van der Waals surface area contributed by atoms with Crippen LogP contribution in [0.2, 0.25) is 0 Å². The number of nitrogens with zero attached hydrogens (tertiary/aromatic N) is 2. The first-order chi connectivity index (χ1) is 9.38. The van der Waals surface area contributed by atoms with Crippen LogP contribution in [0.1, 0.15) is 0 Å². The number of ether oxygens (including phenoxy) is 2. The smallest absolute Gasteiger partial charge is 0.143 e. The average Bonchev–Trinajstić information content (AvgIpc) is 2.89. The van der Waals surface area contributed by atoms with Gasteiger partial charge in [-0.05, 0) is 12.1 Å². The van der Waals surface area contributed by atoms with Crippen LogP contribution < -0.4 is 4.74 Å². The van der Waals surface area contributed by atoms with E-state index in [4.69, 9.17) is 9.47 Å². The van der Waals surface area contributed by atoms with Gasteiger partial charge in [0.15, 0.2) is 0 Å². The Labute approximate surface area is 113 Å². The Morgan fingerprint density at radius 2 is 2.00 bits per heavy atom. The minimum Gasteiger partial charge on any atom is -0.495 e. The van der Waals surface area contributed by atoms with Crippen LogP contribution in [0.5, 0.6) is 5.75 Å². The molecule has 1 saturated heterocycles. The molecule has 102 valence electrons. The molecule has 1 aromatic carbocycles. The minimum atomic E-state index is 0.857. The van der Waals surface area contributed by atoms with Gasteiger partial charge in [-0.1, -0.05) is 12.1 Å². The fraction of sp³-hybridized carbons (Fsp3) is 0.467. The summed E-state index contributed by atoms with van der Waals surface area (Å²) >= 11 is 0. The zero-order chi connectivity index (χ0) is 13.1. The van der Waals surface area contributed by atoms with Crippen LogP contribution >= 0.6 is 0 Å². The first kappa shape index (κ1) is 12.5. The van der Waals surface area contributed by atoms with Gasteiger partial charge in [-0.15, -0.1) is 0 Å². The molecular weight excluding hydrogens is 240 g/mol. The van der Waals surface area contributed by atoms with Crippen LogP contribution in [0.15, 0.2) is 30.5 Å². The van der Waals surface area contributed by atoms with E-state index in [9.17, 15) is 0 Å². The molecule has 4 heteroatoms. The summed E-state index contributed by atoms with van der Waals surface area (Å²) in [5.74, 6) is 0.949. The minimum absolute atomic E-state index is 0.857. The summed E-state index contributed by atoms with van der Waals surface area (Å²) in [5, 5.41) is 1.24. The lowest BCUT2D eigenvalue weighted by molar-refractivity contribution is 0.0365. The number of fused-ring (bicyclic) bond motifs is 1. The first-order valence-electron chi connectivity index (χ1n) is 6.80. The predicted octanol–water partition coefficient (Wildman–Crippen LogP) is 1.98. The summed E-state index contributed by atoms with van der Waals surface area (Å²) in [5.41, 5.74) is 1.19. The lowest BCUT2D eigenvalue weighted by Gasteiger charge is -2.26. The van der Waals surface area contributed by atoms with E-state index in [1.807, 2.05) is 12.1 Å². The first-order valence-corrected chi connectivity index (χ1v) is 6.80. The second kappa shape index (κ2) is 5.63. The molecule has 4 nitrogen and oxygen atoms in total. The molecule has 0 radical (unpaired) electrons. The van der Waals surface area contributed by atoms with Crippen LogP contribution in [0.25, 0.3) is 10.9 Å². The van der Waals surface area contributed by atoms with Crippen LogP contribution in [0.3, 0.4) is 0 Å². The maximum atomic E-state index is 5.46. The molecule has 2 heterocycles. The number of methoxy groups -OCH3 is 1. The van der Waals surface area contributed by atoms with Crippen LogP contribution in [-0.4, -0.2) is 49.4 Å². The highest BCUT2D eigenvalue weighted by Crippen LogP contribution is 2.26. The molecule has 1 aliphatic rings. The van der Waals surface area contributed by atoms with Gasteiger partial charge in [0.05, 0.1) is 25.8 Å². The summed E-state index contributed by atoms with van der Waals surface area (Å²) in [6.45, 7) is 5.84. The molecule has 1 aliphatic heterocycles. The summed E-state index contributed by atoms with van der Waals surface area (Å²) in [7, 11) is 1.73. The van der Waals surface area contributed by atoms with Crippen LogP contribution in [0.4, 0.5) is 0 Å². The van der Waals surface area contributed by atoms with Gasteiger partial charge in [0, 0.05) is 37.8 Å². The van der Waals surface area contributed by atoms with Crippen molar-refractivity contribution in [3.63, 3.8) is 0 Å². The van der Waals surface area contributed by atoms with Gasteiger partial charge in [0.25, 0.3) is 0 Å². The quantitative estimate of drug-likeness (QED) is 0.841. The second-order valence-corrected chi connectivity index (χ2v) is 4.86. The zero-order valence-electron chi connectivity index (χ0n) is 11.3. The number of hydrogen-bond acceptors (Lipinski definition) is 3. The van der Waals surface area contributed by atoms with Crippen molar-refractivity contribution in [3.8, 4) is 5.75 Å². The topological polar surface area (TPSA) is 26.6 Å². The number of morpholine rings is 1. The fourth-order valence-corrected chi connectivity index (χ4v) is 2.65. The van der Waals surface area contributed by atoms with E-state index in [-0.39, 0.29) is 0 Å². The molecule has 0 bridgehead atoms. The summed E-state index contributed by atoms with van der Waals surface area (Å²) in [6, 6.07) is 8.33. The van der Waals surface area contributed by atoms with Crippen molar-refractivity contribution in [1.82, 2.24) is 9.47 Å². The van der Waals surface area contributed by atoms with Crippen molar-refractivity contribution in [2.24, 2.45) is 0 Å². The highest BCUT2D eigenvalue weighted by molar-refractivity contribution is 5.85. The number of benzene rings is 1. The highest BCUT2D eigenvalue weighted by Gasteiger charge is 2.11. The molecule has 3 rings (SSSR count). The maximum absolute atomic E-state index is 5.46. The highest BCUT2D eigenvalue weighted by atomic mass is 16.5. The monoisotopic (exact) mass is 260 g/mol. The van der Waals surface area contributed by atoms with Crippen LogP contribution in [-0.2, 0) is 11.3 Å². The Bertz CT molecular complexity index is 544. The molecule has 2 aromatic rings. The molecule has 1 fully saturated rings. The van der Waals surface area contributed by atoms with Crippen molar-refractivity contribution < 1.29 is 9.47 Å². The lowest BCUT2D eigenvalue weighted by Crippen LogP contribution is -2.38.